The molecule has 0 atom stereocenters. The molecule has 112 valence electrons. The van der Waals surface area contributed by atoms with Crippen molar-refractivity contribution in [3.8, 4) is 0 Å². The standard InChI is InChI=1S/C17H20ClIN2/c1-16(2,3)13-12(19)14(18)21-15(20-13)17(4,5)11-9-7-6-8-10-11/h6-10H,1-5H3. The van der Waals surface area contributed by atoms with Crippen LogP contribution >= 0.6 is 34.2 Å². The lowest BCUT2D eigenvalue weighted by molar-refractivity contribution is 0.530. The van der Waals surface area contributed by atoms with Crippen LogP contribution < -0.4 is 0 Å². The van der Waals surface area contributed by atoms with Gasteiger partial charge in [-0.3, -0.25) is 0 Å². The fourth-order valence-electron chi connectivity index (χ4n) is 2.18. The maximum Gasteiger partial charge on any atom is 0.146 e. The molecule has 0 bridgehead atoms. The first-order chi connectivity index (χ1) is 9.64. The Labute approximate surface area is 145 Å². The Bertz CT molecular complexity index is 646. The zero-order chi connectivity index (χ0) is 15.8. The number of aromatic nitrogens is 2. The molecule has 0 radical (unpaired) electrons. The third-order valence-corrected chi connectivity index (χ3v) is 5.19. The van der Waals surface area contributed by atoms with Gasteiger partial charge in [0.2, 0.25) is 0 Å². The van der Waals surface area contributed by atoms with Crippen molar-refractivity contribution >= 4 is 34.2 Å². The Morgan fingerprint density at radius 2 is 1.52 bits per heavy atom. The van der Waals surface area contributed by atoms with Crippen molar-refractivity contribution in [1.82, 2.24) is 9.97 Å². The van der Waals surface area contributed by atoms with Gasteiger partial charge in [-0.05, 0) is 42.0 Å². The summed E-state index contributed by atoms with van der Waals surface area (Å²) >= 11 is 8.59. The molecular weight excluding hydrogens is 395 g/mol. The highest BCUT2D eigenvalue weighted by Crippen LogP contribution is 2.34. The van der Waals surface area contributed by atoms with Crippen molar-refractivity contribution in [3.63, 3.8) is 0 Å². The fraction of sp³-hybridized carbons (Fsp3) is 0.412. The molecule has 0 amide bonds. The van der Waals surface area contributed by atoms with Gasteiger partial charge in [-0.25, -0.2) is 9.97 Å². The summed E-state index contributed by atoms with van der Waals surface area (Å²) in [6.45, 7) is 10.7. The molecule has 1 aromatic heterocycles. The van der Waals surface area contributed by atoms with Gasteiger partial charge in [-0.2, -0.15) is 0 Å². The van der Waals surface area contributed by atoms with Crippen molar-refractivity contribution in [2.45, 2.75) is 45.4 Å². The Morgan fingerprint density at radius 1 is 0.952 bits per heavy atom. The lowest BCUT2D eigenvalue weighted by Crippen LogP contribution is -2.26. The second-order valence-electron chi connectivity index (χ2n) is 6.74. The van der Waals surface area contributed by atoms with Crippen LogP contribution in [-0.2, 0) is 10.8 Å². The summed E-state index contributed by atoms with van der Waals surface area (Å²) in [6.07, 6.45) is 0. The van der Waals surface area contributed by atoms with Gasteiger partial charge in [0.05, 0.1) is 9.26 Å². The van der Waals surface area contributed by atoms with E-state index in [1.54, 1.807) is 0 Å². The lowest BCUT2D eigenvalue weighted by atomic mass is 9.83. The average Bonchev–Trinajstić information content (AvgIpc) is 2.41. The van der Waals surface area contributed by atoms with Gasteiger partial charge in [0.1, 0.15) is 11.0 Å². The molecule has 0 fully saturated rings. The average molecular weight is 415 g/mol. The summed E-state index contributed by atoms with van der Waals surface area (Å²) in [4.78, 5) is 9.39. The Balaban J connectivity index is 2.62. The largest absolute Gasteiger partial charge is 0.235 e. The first kappa shape index (κ1) is 16.7. The van der Waals surface area contributed by atoms with Crippen molar-refractivity contribution in [3.05, 3.63) is 56.1 Å². The molecule has 0 N–H and O–H groups in total. The molecule has 2 aromatic rings. The lowest BCUT2D eigenvalue weighted by Gasteiger charge is -2.27. The normalized spacial score (nSPS) is 12.5. The number of halogens is 2. The molecule has 0 unspecified atom stereocenters. The summed E-state index contributed by atoms with van der Waals surface area (Å²) in [7, 11) is 0. The van der Waals surface area contributed by atoms with E-state index in [9.17, 15) is 0 Å². The molecule has 4 heteroatoms. The molecule has 0 aliphatic rings. The smallest absolute Gasteiger partial charge is 0.146 e. The van der Waals surface area contributed by atoms with E-state index >= 15 is 0 Å². The van der Waals surface area contributed by atoms with Crippen LogP contribution in [0, 0.1) is 3.57 Å². The van der Waals surface area contributed by atoms with Gasteiger partial charge >= 0.3 is 0 Å². The second-order valence-corrected chi connectivity index (χ2v) is 8.18. The van der Waals surface area contributed by atoms with Gasteiger partial charge < -0.3 is 0 Å². The highest BCUT2D eigenvalue weighted by molar-refractivity contribution is 14.1. The van der Waals surface area contributed by atoms with Crippen LogP contribution in [0.3, 0.4) is 0 Å². The number of hydrogen-bond acceptors (Lipinski definition) is 2. The van der Waals surface area contributed by atoms with E-state index in [2.05, 4.69) is 74.3 Å². The Kier molecular flexibility index (Phi) is 4.64. The minimum absolute atomic E-state index is 0.0649. The zero-order valence-electron chi connectivity index (χ0n) is 13.0. The number of nitrogens with zero attached hydrogens (tertiary/aromatic N) is 2. The molecule has 1 heterocycles. The predicted octanol–water partition coefficient (Wildman–Crippen LogP) is 5.36. The van der Waals surface area contributed by atoms with E-state index in [4.69, 9.17) is 16.6 Å². The summed E-state index contributed by atoms with van der Waals surface area (Å²) in [5.41, 5.74) is 1.84. The maximum atomic E-state index is 6.36. The first-order valence-corrected chi connectivity index (χ1v) is 8.39. The SMILES string of the molecule is CC(C)(C)c1nc(C(C)(C)c2ccccc2)nc(Cl)c1I. The van der Waals surface area contributed by atoms with Crippen LogP contribution in [-0.4, -0.2) is 9.97 Å². The van der Waals surface area contributed by atoms with E-state index in [0.717, 1.165) is 15.1 Å². The summed E-state index contributed by atoms with van der Waals surface area (Å²) < 4.78 is 0.939. The Hall–Kier alpha value is -0.680. The Morgan fingerprint density at radius 3 is 2.05 bits per heavy atom. The van der Waals surface area contributed by atoms with Gasteiger partial charge in [-0.1, -0.05) is 62.7 Å². The topological polar surface area (TPSA) is 25.8 Å². The number of benzene rings is 1. The van der Waals surface area contributed by atoms with Crippen LogP contribution in [0.4, 0.5) is 0 Å². The highest BCUT2D eigenvalue weighted by Gasteiger charge is 2.30. The van der Waals surface area contributed by atoms with Crippen LogP contribution in [0.2, 0.25) is 5.15 Å². The molecule has 0 aliphatic heterocycles. The first-order valence-electron chi connectivity index (χ1n) is 6.93. The molecule has 0 spiro atoms. The van der Waals surface area contributed by atoms with E-state index < -0.39 is 0 Å². The van der Waals surface area contributed by atoms with Crippen molar-refractivity contribution in [1.29, 1.82) is 0 Å². The van der Waals surface area contributed by atoms with Gasteiger partial charge in [-0.15, -0.1) is 0 Å². The molecule has 0 aliphatic carbocycles. The molecular formula is C17H20ClIN2. The van der Waals surface area contributed by atoms with Crippen LogP contribution in [0.5, 0.6) is 0 Å². The fourth-order valence-corrected chi connectivity index (χ4v) is 3.40. The number of rotatable bonds is 2. The van der Waals surface area contributed by atoms with E-state index in [-0.39, 0.29) is 10.8 Å². The van der Waals surface area contributed by atoms with Crippen LogP contribution in [0.25, 0.3) is 0 Å². The molecule has 2 nitrogen and oxygen atoms in total. The van der Waals surface area contributed by atoms with Crippen molar-refractivity contribution in [2.24, 2.45) is 0 Å². The van der Waals surface area contributed by atoms with Gasteiger partial charge in [0, 0.05) is 10.8 Å². The van der Waals surface area contributed by atoms with Crippen molar-refractivity contribution in [2.75, 3.05) is 0 Å². The third-order valence-electron chi connectivity index (χ3n) is 3.58. The highest BCUT2D eigenvalue weighted by atomic mass is 127. The molecule has 0 saturated heterocycles. The summed E-state index contributed by atoms with van der Waals surface area (Å²) in [6, 6.07) is 10.3. The van der Waals surface area contributed by atoms with Gasteiger partial charge in [0.15, 0.2) is 0 Å². The van der Waals surface area contributed by atoms with E-state index in [0.29, 0.717) is 5.15 Å². The molecule has 2 rings (SSSR count). The number of hydrogen-bond donors (Lipinski definition) is 0. The molecule has 0 saturated carbocycles. The summed E-state index contributed by atoms with van der Waals surface area (Å²) in [5, 5.41) is 0.537. The predicted molar refractivity (Wildman–Crippen MR) is 97.0 cm³/mol. The zero-order valence-corrected chi connectivity index (χ0v) is 16.0. The van der Waals surface area contributed by atoms with Crippen LogP contribution in [0.15, 0.2) is 30.3 Å². The van der Waals surface area contributed by atoms with Crippen molar-refractivity contribution < 1.29 is 0 Å². The third kappa shape index (κ3) is 3.39. The van der Waals surface area contributed by atoms with E-state index in [1.165, 1.54) is 5.56 Å². The van der Waals surface area contributed by atoms with E-state index in [1.807, 2.05) is 18.2 Å². The maximum absolute atomic E-state index is 6.36. The van der Waals surface area contributed by atoms with Crippen LogP contribution in [0.1, 0.15) is 51.7 Å². The summed E-state index contributed by atoms with van der Waals surface area (Å²) in [5.74, 6) is 0.768. The second kappa shape index (κ2) is 5.84. The van der Waals surface area contributed by atoms with Gasteiger partial charge in [0.25, 0.3) is 0 Å². The quantitative estimate of drug-likeness (QED) is 0.488. The molecule has 1 aromatic carbocycles. The monoisotopic (exact) mass is 414 g/mol. The minimum Gasteiger partial charge on any atom is -0.235 e. The molecule has 21 heavy (non-hydrogen) atoms. The minimum atomic E-state index is -0.282.